The minimum atomic E-state index is -4.18. The van der Waals surface area contributed by atoms with Crippen molar-refractivity contribution >= 4 is 5.71 Å². The zero-order valence-corrected chi connectivity index (χ0v) is 9.62. The molecular formula is C11H17F3N2. The van der Waals surface area contributed by atoms with Gasteiger partial charge in [-0.1, -0.05) is 13.0 Å². The molecule has 92 valence electrons. The maximum Gasteiger partial charge on any atom is 0.399 e. The second-order valence-corrected chi connectivity index (χ2v) is 4.19. The summed E-state index contributed by atoms with van der Waals surface area (Å²) >= 11 is 0. The van der Waals surface area contributed by atoms with Crippen LogP contribution >= 0.6 is 0 Å². The van der Waals surface area contributed by atoms with E-state index in [1.54, 1.807) is 7.05 Å². The number of aliphatic imine (C=N–C) groups is 1. The van der Waals surface area contributed by atoms with Gasteiger partial charge in [0.2, 0.25) is 0 Å². The SMILES string of the molecule is C=C(C/N=C(/C)C1(C(F)(F)F)CCC1)NC. The van der Waals surface area contributed by atoms with Gasteiger partial charge in [-0.05, 0) is 19.8 Å². The van der Waals surface area contributed by atoms with Crippen molar-refractivity contribution in [1.29, 1.82) is 0 Å². The van der Waals surface area contributed by atoms with E-state index in [4.69, 9.17) is 0 Å². The van der Waals surface area contributed by atoms with Gasteiger partial charge in [-0.2, -0.15) is 13.2 Å². The molecule has 0 saturated heterocycles. The average Bonchev–Trinajstić information content (AvgIpc) is 2.09. The van der Waals surface area contributed by atoms with Crippen LogP contribution in [0, 0.1) is 5.41 Å². The molecule has 1 saturated carbocycles. The Labute approximate surface area is 93.6 Å². The molecule has 0 spiro atoms. The molecule has 0 atom stereocenters. The summed E-state index contributed by atoms with van der Waals surface area (Å²) in [4.78, 5) is 3.99. The summed E-state index contributed by atoms with van der Waals surface area (Å²) in [5, 5.41) is 2.76. The van der Waals surface area contributed by atoms with Gasteiger partial charge < -0.3 is 5.32 Å². The standard InChI is InChI=1S/C11H17F3N2/c1-8(15-3)7-16-9(2)10(5-4-6-10)11(12,13)14/h15H,1,4-7H2,2-3H3/b16-9-. The fraction of sp³-hybridized carbons (Fsp3) is 0.727. The molecule has 0 radical (unpaired) electrons. The number of hydrogen-bond donors (Lipinski definition) is 1. The lowest BCUT2D eigenvalue weighted by Crippen LogP contribution is -2.49. The summed E-state index contributed by atoms with van der Waals surface area (Å²) in [5.41, 5.74) is -0.861. The third-order valence-electron chi connectivity index (χ3n) is 3.30. The number of nitrogens with zero attached hydrogens (tertiary/aromatic N) is 1. The molecule has 1 aliphatic carbocycles. The van der Waals surface area contributed by atoms with E-state index in [2.05, 4.69) is 16.9 Å². The van der Waals surface area contributed by atoms with Crippen LogP contribution in [0.5, 0.6) is 0 Å². The number of alkyl halides is 3. The number of nitrogens with one attached hydrogen (secondary N) is 1. The Morgan fingerprint density at radius 2 is 2.00 bits per heavy atom. The molecular weight excluding hydrogens is 217 g/mol. The van der Waals surface area contributed by atoms with Crippen molar-refractivity contribution in [3.05, 3.63) is 12.3 Å². The quantitative estimate of drug-likeness (QED) is 0.743. The third-order valence-corrected chi connectivity index (χ3v) is 3.30. The summed E-state index contributed by atoms with van der Waals surface area (Å²) in [6.07, 6.45) is -3.23. The van der Waals surface area contributed by atoms with E-state index in [9.17, 15) is 13.2 Å². The van der Waals surface area contributed by atoms with Crippen LogP contribution in [0.25, 0.3) is 0 Å². The van der Waals surface area contributed by atoms with Gasteiger partial charge in [0.05, 0.1) is 6.54 Å². The largest absolute Gasteiger partial charge is 0.399 e. The van der Waals surface area contributed by atoms with Gasteiger partial charge in [-0.25, -0.2) is 0 Å². The first-order valence-electron chi connectivity index (χ1n) is 5.27. The van der Waals surface area contributed by atoms with Gasteiger partial charge in [0.1, 0.15) is 5.41 Å². The normalized spacial score (nSPS) is 20.2. The second kappa shape index (κ2) is 4.47. The third kappa shape index (κ3) is 2.23. The van der Waals surface area contributed by atoms with Gasteiger partial charge in [-0.15, -0.1) is 0 Å². The van der Waals surface area contributed by atoms with Crippen molar-refractivity contribution in [2.45, 2.75) is 32.4 Å². The predicted molar refractivity (Wildman–Crippen MR) is 58.5 cm³/mol. The molecule has 1 rings (SSSR count). The number of rotatable bonds is 4. The number of halogens is 3. The Bertz CT molecular complexity index is 301. The Morgan fingerprint density at radius 1 is 1.44 bits per heavy atom. The van der Waals surface area contributed by atoms with Crippen molar-refractivity contribution in [3.8, 4) is 0 Å². The molecule has 5 heteroatoms. The van der Waals surface area contributed by atoms with Crippen LogP contribution in [0.4, 0.5) is 13.2 Å². The smallest absolute Gasteiger partial charge is 0.390 e. The van der Waals surface area contributed by atoms with Crippen LogP contribution in [0.2, 0.25) is 0 Å². The topological polar surface area (TPSA) is 24.4 Å². The molecule has 0 heterocycles. The Morgan fingerprint density at radius 3 is 2.31 bits per heavy atom. The van der Waals surface area contributed by atoms with E-state index in [1.165, 1.54) is 6.92 Å². The van der Waals surface area contributed by atoms with Crippen molar-refractivity contribution < 1.29 is 13.2 Å². The highest BCUT2D eigenvalue weighted by atomic mass is 19.4. The predicted octanol–water partition coefficient (Wildman–Crippen LogP) is 2.91. The lowest BCUT2D eigenvalue weighted by Gasteiger charge is -2.43. The first-order valence-corrected chi connectivity index (χ1v) is 5.27. The monoisotopic (exact) mass is 234 g/mol. The van der Waals surface area contributed by atoms with Crippen LogP contribution in [0.3, 0.4) is 0 Å². The summed E-state index contributed by atoms with van der Waals surface area (Å²) in [6.45, 7) is 5.31. The summed E-state index contributed by atoms with van der Waals surface area (Å²) in [7, 11) is 1.68. The highest BCUT2D eigenvalue weighted by Crippen LogP contribution is 2.53. The maximum absolute atomic E-state index is 12.9. The Hall–Kier alpha value is -1.00. The first kappa shape index (κ1) is 13.1. The van der Waals surface area contributed by atoms with E-state index in [0.29, 0.717) is 12.1 Å². The zero-order chi connectivity index (χ0) is 12.4. The van der Waals surface area contributed by atoms with E-state index in [1.807, 2.05) is 0 Å². The summed E-state index contributed by atoms with van der Waals surface area (Å²) in [6, 6.07) is 0. The number of likely N-dealkylation sites (N-methyl/N-ethyl adjacent to an activating group) is 1. The van der Waals surface area contributed by atoms with Gasteiger partial charge in [-0.3, -0.25) is 4.99 Å². The van der Waals surface area contributed by atoms with Crippen molar-refractivity contribution in [1.82, 2.24) is 5.32 Å². The second-order valence-electron chi connectivity index (χ2n) is 4.19. The molecule has 0 bridgehead atoms. The van der Waals surface area contributed by atoms with Crippen LogP contribution in [0.15, 0.2) is 17.3 Å². The molecule has 0 amide bonds. The fourth-order valence-electron chi connectivity index (χ4n) is 1.83. The molecule has 0 aromatic rings. The van der Waals surface area contributed by atoms with Crippen molar-refractivity contribution in [2.75, 3.05) is 13.6 Å². The lowest BCUT2D eigenvalue weighted by molar-refractivity contribution is -0.220. The van der Waals surface area contributed by atoms with Gasteiger partial charge in [0, 0.05) is 18.5 Å². The molecule has 1 aliphatic rings. The highest BCUT2D eigenvalue weighted by molar-refractivity contribution is 5.89. The average molecular weight is 234 g/mol. The fourth-order valence-corrected chi connectivity index (χ4v) is 1.83. The van der Waals surface area contributed by atoms with Crippen LogP contribution in [-0.4, -0.2) is 25.5 Å². The Kier molecular flexibility index (Phi) is 3.65. The van der Waals surface area contributed by atoms with Gasteiger partial charge in [0.25, 0.3) is 0 Å². The molecule has 1 fully saturated rings. The highest BCUT2D eigenvalue weighted by Gasteiger charge is 2.59. The lowest BCUT2D eigenvalue weighted by atomic mass is 9.65. The Balaban J connectivity index is 2.78. The van der Waals surface area contributed by atoms with Crippen molar-refractivity contribution in [2.24, 2.45) is 10.4 Å². The minimum Gasteiger partial charge on any atom is -0.390 e. The van der Waals surface area contributed by atoms with E-state index in [-0.39, 0.29) is 25.1 Å². The molecule has 1 N–H and O–H groups in total. The van der Waals surface area contributed by atoms with Crippen molar-refractivity contribution in [3.63, 3.8) is 0 Å². The molecule has 0 aromatic heterocycles. The van der Waals surface area contributed by atoms with Gasteiger partial charge in [0.15, 0.2) is 0 Å². The minimum absolute atomic E-state index is 0.165. The molecule has 16 heavy (non-hydrogen) atoms. The zero-order valence-electron chi connectivity index (χ0n) is 9.62. The molecule has 2 nitrogen and oxygen atoms in total. The number of hydrogen-bond acceptors (Lipinski definition) is 2. The maximum atomic E-state index is 12.9. The summed E-state index contributed by atoms with van der Waals surface area (Å²) < 4.78 is 38.7. The van der Waals surface area contributed by atoms with E-state index >= 15 is 0 Å². The van der Waals surface area contributed by atoms with E-state index < -0.39 is 11.6 Å². The van der Waals surface area contributed by atoms with Gasteiger partial charge >= 0.3 is 6.18 Å². The first-order chi connectivity index (χ1) is 7.33. The molecule has 0 aliphatic heterocycles. The molecule has 0 unspecified atom stereocenters. The van der Waals surface area contributed by atoms with Crippen LogP contribution < -0.4 is 5.32 Å². The molecule has 0 aromatic carbocycles. The van der Waals surface area contributed by atoms with E-state index in [0.717, 1.165) is 0 Å². The van der Waals surface area contributed by atoms with Crippen LogP contribution in [-0.2, 0) is 0 Å². The van der Waals surface area contributed by atoms with Crippen LogP contribution in [0.1, 0.15) is 26.2 Å². The summed E-state index contributed by atoms with van der Waals surface area (Å²) in [5.74, 6) is 0.